The van der Waals surface area contributed by atoms with Gasteiger partial charge in [0.1, 0.15) is 0 Å². The van der Waals surface area contributed by atoms with Crippen molar-refractivity contribution in [2.75, 3.05) is 0 Å². The van der Waals surface area contributed by atoms with Gasteiger partial charge < -0.3 is 15.3 Å². The van der Waals surface area contributed by atoms with E-state index in [2.05, 4.69) is 6.92 Å². The first-order valence-corrected chi connectivity index (χ1v) is 11.2. The molecule has 0 radical (unpaired) electrons. The highest BCUT2D eigenvalue weighted by molar-refractivity contribution is 5.89. The van der Waals surface area contributed by atoms with E-state index in [1.54, 1.807) is 30.3 Å². The Morgan fingerprint density at radius 2 is 1.53 bits per heavy atom. The average molecular weight is 413 g/mol. The minimum Gasteiger partial charge on any atom is -0.478 e. The summed E-state index contributed by atoms with van der Waals surface area (Å²) >= 11 is 0. The summed E-state index contributed by atoms with van der Waals surface area (Å²) in [6.45, 7) is 3.59. The molecule has 2 aromatic carbocycles. The van der Waals surface area contributed by atoms with Gasteiger partial charge >= 0.3 is 5.97 Å². The minimum absolute atomic E-state index is 0.449. The lowest BCUT2D eigenvalue weighted by Crippen LogP contribution is -2.19. The van der Waals surface area contributed by atoms with Crippen LogP contribution in [0.3, 0.4) is 0 Å². The Balaban J connectivity index is 0.000000269. The van der Waals surface area contributed by atoms with E-state index in [0.29, 0.717) is 17.0 Å². The predicted octanol–water partition coefficient (Wildman–Crippen LogP) is 6.08. The maximum Gasteiger partial charge on any atom is 0.335 e. The van der Waals surface area contributed by atoms with Crippen molar-refractivity contribution in [1.82, 2.24) is 0 Å². The molecule has 0 amide bonds. The van der Waals surface area contributed by atoms with Crippen LogP contribution in [0, 0.1) is 5.92 Å². The van der Waals surface area contributed by atoms with Gasteiger partial charge in [0.25, 0.3) is 0 Å². The molecule has 1 aliphatic carbocycles. The summed E-state index contributed by atoms with van der Waals surface area (Å²) in [7, 11) is 0. The third kappa shape index (κ3) is 7.58. The fourth-order valence-electron chi connectivity index (χ4n) is 4.25. The Hall–Kier alpha value is -2.17. The lowest BCUT2D eigenvalue weighted by atomic mass is 9.76. The van der Waals surface area contributed by atoms with E-state index in [-0.39, 0.29) is 0 Å². The van der Waals surface area contributed by atoms with Crippen LogP contribution >= 0.6 is 0 Å². The standard InChI is InChI=1S/C18H26O2.C8H10O2/c1-2-3-4-7-14-10-12-15(13-11-14)16-8-5-6-9-17(16)18(19)20;1-8(9,10)7-5-3-2-4-6-7/h5-6,8-9,14-15H,2-4,7,10-13H2,1H3,(H,19,20);2-6,9-10H,1H3. The van der Waals surface area contributed by atoms with Crippen molar-refractivity contribution in [2.45, 2.75) is 76.9 Å². The van der Waals surface area contributed by atoms with Gasteiger partial charge in [-0.05, 0) is 56.1 Å². The largest absolute Gasteiger partial charge is 0.478 e. The number of rotatable bonds is 7. The summed E-state index contributed by atoms with van der Waals surface area (Å²) in [6, 6.07) is 16.2. The Labute approximate surface area is 180 Å². The van der Waals surface area contributed by atoms with Crippen molar-refractivity contribution in [3.05, 3.63) is 71.3 Å². The zero-order chi connectivity index (χ0) is 22.0. The fraction of sp³-hybridized carbons (Fsp3) is 0.500. The Bertz CT molecular complexity index is 756. The number of carbonyl (C=O) groups is 1. The van der Waals surface area contributed by atoms with Crippen LogP contribution in [-0.4, -0.2) is 21.3 Å². The highest BCUT2D eigenvalue weighted by atomic mass is 16.5. The average Bonchev–Trinajstić information content (AvgIpc) is 2.75. The second kappa shape index (κ2) is 11.9. The van der Waals surface area contributed by atoms with Crippen molar-refractivity contribution in [2.24, 2.45) is 5.92 Å². The predicted molar refractivity (Wildman–Crippen MR) is 120 cm³/mol. The molecule has 4 heteroatoms. The molecule has 0 bridgehead atoms. The molecule has 3 N–H and O–H groups in total. The quantitative estimate of drug-likeness (QED) is 0.380. The van der Waals surface area contributed by atoms with Crippen LogP contribution in [0.25, 0.3) is 0 Å². The highest BCUT2D eigenvalue weighted by Crippen LogP contribution is 2.38. The molecule has 0 atom stereocenters. The zero-order valence-electron chi connectivity index (χ0n) is 18.3. The molecule has 4 nitrogen and oxygen atoms in total. The van der Waals surface area contributed by atoms with E-state index < -0.39 is 11.8 Å². The molecule has 0 spiro atoms. The lowest BCUT2D eigenvalue weighted by Gasteiger charge is -2.29. The van der Waals surface area contributed by atoms with Crippen LogP contribution < -0.4 is 0 Å². The molecule has 30 heavy (non-hydrogen) atoms. The number of carboxylic acids is 1. The highest BCUT2D eigenvalue weighted by Gasteiger charge is 2.25. The minimum atomic E-state index is -1.71. The molecule has 1 fully saturated rings. The van der Waals surface area contributed by atoms with E-state index in [4.69, 9.17) is 10.2 Å². The lowest BCUT2D eigenvalue weighted by molar-refractivity contribution is -0.152. The molecule has 0 saturated heterocycles. The molecule has 164 valence electrons. The van der Waals surface area contributed by atoms with Gasteiger partial charge in [0.05, 0.1) is 5.56 Å². The molecule has 1 aliphatic rings. The van der Waals surface area contributed by atoms with Crippen LogP contribution in [0.4, 0.5) is 0 Å². The summed E-state index contributed by atoms with van der Waals surface area (Å²) in [5.74, 6) is -1.17. The van der Waals surface area contributed by atoms with Crippen molar-refractivity contribution in [1.29, 1.82) is 0 Å². The number of benzene rings is 2. The van der Waals surface area contributed by atoms with Gasteiger partial charge in [-0.2, -0.15) is 0 Å². The van der Waals surface area contributed by atoms with Crippen LogP contribution in [0.1, 0.15) is 92.6 Å². The summed E-state index contributed by atoms with van der Waals surface area (Å²) in [4.78, 5) is 11.3. The van der Waals surface area contributed by atoms with Crippen molar-refractivity contribution >= 4 is 5.97 Å². The monoisotopic (exact) mass is 412 g/mol. The third-order valence-electron chi connectivity index (χ3n) is 6.01. The van der Waals surface area contributed by atoms with Gasteiger partial charge in [-0.1, -0.05) is 81.1 Å². The van der Waals surface area contributed by atoms with Gasteiger partial charge in [-0.15, -0.1) is 0 Å². The van der Waals surface area contributed by atoms with Crippen LogP contribution in [0.15, 0.2) is 54.6 Å². The second-order valence-corrected chi connectivity index (χ2v) is 8.49. The molecule has 0 heterocycles. The summed E-state index contributed by atoms with van der Waals surface area (Å²) in [6.07, 6.45) is 10.2. The molecule has 1 saturated carbocycles. The van der Waals surface area contributed by atoms with Gasteiger partial charge in [-0.25, -0.2) is 4.79 Å². The van der Waals surface area contributed by atoms with Crippen LogP contribution in [0.2, 0.25) is 0 Å². The van der Waals surface area contributed by atoms with E-state index in [1.165, 1.54) is 45.4 Å². The van der Waals surface area contributed by atoms with Gasteiger partial charge in [0.2, 0.25) is 0 Å². The maximum absolute atomic E-state index is 11.3. The van der Waals surface area contributed by atoms with E-state index in [9.17, 15) is 9.90 Å². The molecule has 0 aromatic heterocycles. The number of aromatic carboxylic acids is 1. The summed E-state index contributed by atoms with van der Waals surface area (Å²) in [5.41, 5.74) is 2.06. The number of hydrogen-bond acceptors (Lipinski definition) is 3. The summed E-state index contributed by atoms with van der Waals surface area (Å²) in [5, 5.41) is 27.4. The fourth-order valence-corrected chi connectivity index (χ4v) is 4.25. The molecule has 2 aromatic rings. The molecule has 0 unspecified atom stereocenters. The van der Waals surface area contributed by atoms with Gasteiger partial charge in [-0.3, -0.25) is 0 Å². The van der Waals surface area contributed by atoms with E-state index >= 15 is 0 Å². The van der Waals surface area contributed by atoms with E-state index in [0.717, 1.165) is 24.3 Å². The van der Waals surface area contributed by atoms with Crippen LogP contribution in [0.5, 0.6) is 0 Å². The van der Waals surface area contributed by atoms with Crippen molar-refractivity contribution in [3.8, 4) is 0 Å². The zero-order valence-corrected chi connectivity index (χ0v) is 18.3. The first-order chi connectivity index (χ1) is 14.3. The maximum atomic E-state index is 11.3. The number of aliphatic hydroxyl groups is 2. The Morgan fingerprint density at radius 3 is 2.07 bits per heavy atom. The molecular formula is C26H36O4. The van der Waals surface area contributed by atoms with Gasteiger partial charge in [0.15, 0.2) is 5.79 Å². The normalized spacial score (nSPS) is 18.9. The topological polar surface area (TPSA) is 77.8 Å². The smallest absolute Gasteiger partial charge is 0.335 e. The SMILES string of the molecule is CC(O)(O)c1ccccc1.CCCCCC1CCC(c2ccccc2C(=O)O)CC1. The molecule has 3 rings (SSSR count). The number of carboxylic acid groups (broad SMARTS) is 1. The van der Waals surface area contributed by atoms with Gasteiger partial charge in [0, 0.05) is 5.56 Å². The summed E-state index contributed by atoms with van der Waals surface area (Å²) < 4.78 is 0. The number of unbranched alkanes of at least 4 members (excludes halogenated alkanes) is 2. The third-order valence-corrected chi connectivity index (χ3v) is 6.01. The van der Waals surface area contributed by atoms with Crippen molar-refractivity contribution in [3.63, 3.8) is 0 Å². The Kier molecular flexibility index (Phi) is 9.54. The first kappa shape index (κ1) is 24.1. The molecule has 0 aliphatic heterocycles. The number of hydrogen-bond donors (Lipinski definition) is 3. The van der Waals surface area contributed by atoms with E-state index in [1.807, 2.05) is 24.3 Å². The van der Waals surface area contributed by atoms with Crippen molar-refractivity contribution < 1.29 is 20.1 Å². The first-order valence-electron chi connectivity index (χ1n) is 11.2. The molecular weight excluding hydrogens is 376 g/mol. The Morgan fingerprint density at radius 1 is 0.933 bits per heavy atom. The second-order valence-electron chi connectivity index (χ2n) is 8.49. The van der Waals surface area contributed by atoms with Crippen LogP contribution in [-0.2, 0) is 5.79 Å².